The molecular weight excluding hydrogens is 490 g/mol. The summed E-state index contributed by atoms with van der Waals surface area (Å²) in [7, 11) is 0. The number of pyridine rings is 1. The van der Waals surface area contributed by atoms with Gasteiger partial charge in [-0.3, -0.25) is 4.79 Å². The summed E-state index contributed by atoms with van der Waals surface area (Å²) < 4.78 is 5.06. The van der Waals surface area contributed by atoms with E-state index in [0.29, 0.717) is 41.7 Å². The van der Waals surface area contributed by atoms with Crippen molar-refractivity contribution in [2.45, 2.75) is 50.6 Å². The fourth-order valence-electron chi connectivity index (χ4n) is 4.76. The Kier molecular flexibility index (Phi) is 7.68. The number of carbonyl (C=O) groups excluding carboxylic acids is 1. The topological polar surface area (TPSA) is 125 Å². The quantitative estimate of drug-likeness (QED) is 0.404. The van der Waals surface area contributed by atoms with Crippen molar-refractivity contribution in [3.05, 3.63) is 52.8 Å². The van der Waals surface area contributed by atoms with Crippen LogP contribution in [-0.2, 0) is 9.53 Å². The van der Waals surface area contributed by atoms with Gasteiger partial charge in [0.25, 0.3) is 0 Å². The minimum atomic E-state index is -0.936. The largest absolute Gasteiger partial charge is 0.377 e. The highest BCUT2D eigenvalue weighted by atomic mass is 35.5. The highest BCUT2D eigenvalue weighted by Crippen LogP contribution is 2.29. The predicted octanol–water partition coefficient (Wildman–Crippen LogP) is 4.19. The number of nitrogens with zero attached hydrogens (tertiary/aromatic N) is 4. The van der Waals surface area contributed by atoms with E-state index in [1.54, 1.807) is 12.4 Å². The molecule has 1 unspecified atom stereocenters. The van der Waals surface area contributed by atoms with Crippen LogP contribution in [0.3, 0.4) is 0 Å². The molecular formula is C27H30ClN7O2. The SMILES string of the molecule is Cc1ccc2ccc(N[C@H]3CC[C@H](CNc4ncc(C(C#N)C(=O)NC5COC5)cn4)CC3)nc2c1Cl. The number of hydrogen-bond acceptors (Lipinski definition) is 8. The number of amides is 1. The molecule has 1 aliphatic carbocycles. The maximum atomic E-state index is 12.3. The van der Waals surface area contributed by atoms with Gasteiger partial charge in [-0.05, 0) is 56.2 Å². The molecule has 0 spiro atoms. The van der Waals surface area contributed by atoms with Gasteiger partial charge in [0.2, 0.25) is 11.9 Å². The number of aromatic nitrogens is 3. The van der Waals surface area contributed by atoms with E-state index in [9.17, 15) is 10.1 Å². The van der Waals surface area contributed by atoms with Crippen LogP contribution in [0, 0.1) is 24.2 Å². The van der Waals surface area contributed by atoms with Crippen molar-refractivity contribution < 1.29 is 9.53 Å². The van der Waals surface area contributed by atoms with E-state index >= 15 is 0 Å². The molecule has 0 bridgehead atoms. The van der Waals surface area contributed by atoms with E-state index in [4.69, 9.17) is 21.3 Å². The number of rotatable bonds is 8. The second-order valence-corrected chi connectivity index (χ2v) is 10.2. The van der Waals surface area contributed by atoms with Crippen molar-refractivity contribution in [2.24, 2.45) is 5.92 Å². The molecule has 9 nitrogen and oxygen atoms in total. The number of nitrogens with one attached hydrogen (secondary N) is 3. The van der Waals surface area contributed by atoms with Crippen LogP contribution in [0.4, 0.5) is 11.8 Å². The molecule has 1 atom stereocenters. The lowest BCUT2D eigenvalue weighted by molar-refractivity contribution is -0.125. The first kappa shape index (κ1) is 25.2. The van der Waals surface area contributed by atoms with Crippen molar-refractivity contribution in [3.8, 4) is 6.07 Å². The van der Waals surface area contributed by atoms with Crippen molar-refractivity contribution in [1.82, 2.24) is 20.3 Å². The average molecular weight is 520 g/mol. The van der Waals surface area contributed by atoms with Gasteiger partial charge in [0, 0.05) is 35.9 Å². The third-order valence-corrected chi connectivity index (χ3v) is 7.60. The molecule has 3 N–H and O–H groups in total. The number of nitriles is 1. The number of hydrogen-bond donors (Lipinski definition) is 3. The van der Waals surface area contributed by atoms with Gasteiger partial charge in [-0.25, -0.2) is 15.0 Å². The number of ether oxygens (including phenoxy) is 1. The zero-order valence-electron chi connectivity index (χ0n) is 20.7. The van der Waals surface area contributed by atoms with Crippen molar-refractivity contribution in [2.75, 3.05) is 30.4 Å². The predicted molar refractivity (Wildman–Crippen MR) is 142 cm³/mol. The van der Waals surface area contributed by atoms with Crippen molar-refractivity contribution >= 4 is 40.2 Å². The van der Waals surface area contributed by atoms with Crippen LogP contribution in [0.1, 0.15) is 42.7 Å². The lowest BCUT2D eigenvalue weighted by Gasteiger charge is -2.29. The van der Waals surface area contributed by atoms with Gasteiger partial charge in [-0.1, -0.05) is 23.7 Å². The molecule has 1 saturated heterocycles. The molecule has 1 amide bonds. The van der Waals surface area contributed by atoms with E-state index in [1.807, 2.05) is 31.2 Å². The first-order chi connectivity index (χ1) is 18.0. The van der Waals surface area contributed by atoms with Crippen LogP contribution in [0.5, 0.6) is 0 Å². The van der Waals surface area contributed by atoms with E-state index in [-0.39, 0.29) is 11.9 Å². The molecule has 3 heterocycles. The number of halogens is 1. The standard InChI is InChI=1S/C27H30ClN7O2/c1-16-2-5-18-6-9-23(35-25(18)24(16)28)33-20-7-3-17(4-8-20)11-30-27-31-12-19(13-32-27)22(10-29)26(36)34-21-14-37-15-21/h2,5-6,9,12-13,17,20-22H,3-4,7-8,11,14-15H2,1H3,(H,33,35)(H,34,36)(H,30,31,32)/t17-,20-,22?. The van der Waals surface area contributed by atoms with E-state index < -0.39 is 5.92 Å². The molecule has 5 rings (SSSR count). The Morgan fingerprint density at radius 1 is 1.14 bits per heavy atom. The Morgan fingerprint density at radius 2 is 1.86 bits per heavy atom. The number of fused-ring (bicyclic) bond motifs is 1. The molecule has 2 aromatic heterocycles. The van der Waals surface area contributed by atoms with E-state index in [1.165, 1.54) is 0 Å². The minimum absolute atomic E-state index is 0.0258. The summed E-state index contributed by atoms with van der Waals surface area (Å²) >= 11 is 6.47. The van der Waals surface area contributed by atoms with Gasteiger partial charge >= 0.3 is 0 Å². The highest BCUT2D eigenvalue weighted by Gasteiger charge is 2.27. The van der Waals surface area contributed by atoms with Crippen molar-refractivity contribution in [1.29, 1.82) is 5.26 Å². The highest BCUT2D eigenvalue weighted by molar-refractivity contribution is 6.35. The smallest absolute Gasteiger partial charge is 0.242 e. The Hall–Kier alpha value is -3.48. The second-order valence-electron chi connectivity index (χ2n) is 9.85. The Morgan fingerprint density at radius 3 is 2.54 bits per heavy atom. The Balaban J connectivity index is 1.09. The van der Waals surface area contributed by atoms with Gasteiger partial charge in [-0.15, -0.1) is 0 Å². The molecule has 10 heteroatoms. The number of anilines is 2. The normalized spacial score (nSPS) is 20.5. The summed E-state index contributed by atoms with van der Waals surface area (Å²) in [4.78, 5) is 25.8. The summed E-state index contributed by atoms with van der Waals surface area (Å²) in [5, 5.41) is 20.9. The monoisotopic (exact) mass is 519 g/mol. The van der Waals surface area contributed by atoms with Crippen LogP contribution >= 0.6 is 11.6 Å². The number of carbonyl (C=O) groups is 1. The maximum Gasteiger partial charge on any atom is 0.242 e. The minimum Gasteiger partial charge on any atom is -0.377 e. The van der Waals surface area contributed by atoms with Crippen LogP contribution in [0.15, 0.2) is 36.7 Å². The molecule has 192 valence electrons. The number of benzene rings is 1. The van der Waals surface area contributed by atoms with Gasteiger partial charge in [0.1, 0.15) is 5.82 Å². The van der Waals surface area contributed by atoms with E-state index in [2.05, 4.69) is 32.0 Å². The summed E-state index contributed by atoms with van der Waals surface area (Å²) in [6.07, 6.45) is 7.36. The maximum absolute atomic E-state index is 12.3. The Labute approximate surface area is 221 Å². The lowest BCUT2D eigenvalue weighted by Crippen LogP contribution is -2.49. The molecule has 37 heavy (non-hydrogen) atoms. The third kappa shape index (κ3) is 5.92. The first-order valence-corrected chi connectivity index (χ1v) is 13.0. The molecule has 2 fully saturated rings. The molecule has 0 radical (unpaired) electrons. The molecule has 1 aliphatic heterocycles. The summed E-state index contributed by atoms with van der Waals surface area (Å²) in [5.41, 5.74) is 2.35. The summed E-state index contributed by atoms with van der Waals surface area (Å²) in [6, 6.07) is 10.5. The zero-order chi connectivity index (χ0) is 25.8. The third-order valence-electron chi connectivity index (χ3n) is 7.12. The summed E-state index contributed by atoms with van der Waals surface area (Å²) in [5.74, 6) is 0.601. The fraction of sp³-hybridized carbons (Fsp3) is 0.444. The molecule has 1 saturated carbocycles. The zero-order valence-corrected chi connectivity index (χ0v) is 21.5. The summed E-state index contributed by atoms with van der Waals surface area (Å²) in [6.45, 7) is 3.73. The molecule has 2 aliphatic rings. The average Bonchev–Trinajstić information content (AvgIpc) is 2.89. The Bertz CT molecular complexity index is 1300. The van der Waals surface area contributed by atoms with Crippen LogP contribution in [0.25, 0.3) is 10.9 Å². The van der Waals surface area contributed by atoms with Gasteiger partial charge < -0.3 is 20.7 Å². The van der Waals surface area contributed by atoms with Crippen LogP contribution < -0.4 is 16.0 Å². The van der Waals surface area contributed by atoms with Gasteiger partial charge in [0.05, 0.1) is 35.9 Å². The second kappa shape index (κ2) is 11.3. The lowest BCUT2D eigenvalue weighted by atomic mass is 9.86. The van der Waals surface area contributed by atoms with E-state index in [0.717, 1.165) is 54.5 Å². The number of aryl methyl sites for hydroxylation is 1. The fourth-order valence-corrected chi connectivity index (χ4v) is 4.97. The first-order valence-electron chi connectivity index (χ1n) is 12.7. The molecule has 1 aromatic carbocycles. The van der Waals surface area contributed by atoms with Gasteiger partial charge in [0.15, 0.2) is 5.92 Å². The van der Waals surface area contributed by atoms with Crippen LogP contribution in [-0.4, -0.2) is 52.7 Å². The van der Waals surface area contributed by atoms with Crippen LogP contribution in [0.2, 0.25) is 5.02 Å². The van der Waals surface area contributed by atoms with Crippen molar-refractivity contribution in [3.63, 3.8) is 0 Å². The van der Waals surface area contributed by atoms with Gasteiger partial charge in [-0.2, -0.15) is 5.26 Å². The molecule has 3 aromatic rings.